The molecule has 0 saturated carbocycles. The van der Waals surface area contributed by atoms with E-state index in [0.717, 1.165) is 23.1 Å². The van der Waals surface area contributed by atoms with Gasteiger partial charge in [-0.25, -0.2) is 9.07 Å². The molecule has 0 bridgehead atoms. The first-order valence-corrected chi connectivity index (χ1v) is 9.57. The number of carbonyl (C=O) groups excluding carboxylic acids is 1. The molecule has 0 spiro atoms. The Balaban J connectivity index is 1.45. The lowest BCUT2D eigenvalue weighted by Crippen LogP contribution is -2.29. The van der Waals surface area contributed by atoms with Crippen molar-refractivity contribution in [2.75, 3.05) is 24.7 Å². The highest BCUT2D eigenvalue weighted by Gasteiger charge is 2.14. The molecule has 28 heavy (non-hydrogen) atoms. The maximum atomic E-state index is 13.4. The summed E-state index contributed by atoms with van der Waals surface area (Å²) in [7, 11) is 0. The predicted molar refractivity (Wildman–Crippen MR) is 106 cm³/mol. The van der Waals surface area contributed by atoms with Crippen LogP contribution in [0.4, 0.5) is 4.39 Å². The van der Waals surface area contributed by atoms with Crippen molar-refractivity contribution >= 4 is 17.7 Å². The van der Waals surface area contributed by atoms with Crippen LogP contribution in [0.3, 0.4) is 0 Å². The number of nitrogens with one attached hydrogen (secondary N) is 1. The van der Waals surface area contributed by atoms with E-state index < -0.39 is 0 Å². The average Bonchev–Trinajstić information content (AvgIpc) is 3.04. The number of carbonyl (C=O) groups is 1. The van der Waals surface area contributed by atoms with E-state index in [1.165, 1.54) is 16.8 Å². The van der Waals surface area contributed by atoms with E-state index in [2.05, 4.69) is 15.5 Å². The van der Waals surface area contributed by atoms with E-state index in [1.54, 1.807) is 12.1 Å². The fourth-order valence-corrected chi connectivity index (χ4v) is 3.13. The third-order valence-corrected chi connectivity index (χ3v) is 4.71. The summed E-state index contributed by atoms with van der Waals surface area (Å²) in [4.78, 5) is 12.0. The summed E-state index contributed by atoms with van der Waals surface area (Å²) < 4.78 is 20.2. The highest BCUT2D eigenvalue weighted by Crippen LogP contribution is 2.21. The van der Waals surface area contributed by atoms with Gasteiger partial charge in [-0.15, -0.1) is 10.2 Å². The van der Waals surface area contributed by atoms with E-state index in [4.69, 9.17) is 10.6 Å². The predicted octanol–water partition coefficient (Wildman–Crippen LogP) is 2.39. The molecule has 7 nitrogen and oxygen atoms in total. The maximum absolute atomic E-state index is 13.4. The molecule has 0 aliphatic heterocycles. The van der Waals surface area contributed by atoms with Gasteiger partial charge in [0.1, 0.15) is 18.2 Å². The largest absolute Gasteiger partial charge is 0.492 e. The van der Waals surface area contributed by atoms with Gasteiger partial charge in [-0.05, 0) is 36.8 Å². The number of halogens is 1. The quantitative estimate of drug-likeness (QED) is 0.342. The van der Waals surface area contributed by atoms with Crippen LogP contribution in [0.2, 0.25) is 0 Å². The number of nitrogens with zero attached hydrogens (tertiary/aromatic N) is 3. The number of thioether (sulfide) groups is 1. The van der Waals surface area contributed by atoms with Gasteiger partial charge in [-0.3, -0.25) is 4.79 Å². The highest BCUT2D eigenvalue weighted by atomic mass is 32.2. The van der Waals surface area contributed by atoms with Gasteiger partial charge in [0, 0.05) is 5.56 Å². The van der Waals surface area contributed by atoms with Gasteiger partial charge < -0.3 is 15.9 Å². The lowest BCUT2D eigenvalue weighted by Gasteiger charge is -2.08. The summed E-state index contributed by atoms with van der Waals surface area (Å²) in [6, 6.07) is 13.6. The molecule has 1 heterocycles. The Morgan fingerprint density at radius 1 is 1.25 bits per heavy atom. The lowest BCUT2D eigenvalue weighted by atomic mass is 10.2. The van der Waals surface area contributed by atoms with Crippen molar-refractivity contribution in [1.82, 2.24) is 20.2 Å². The number of benzene rings is 2. The molecule has 0 atom stereocenters. The SMILES string of the molecule is Cc1cccc(OCCNC(=O)CSc2nnc(-c3cccc(F)c3)n2N)c1. The minimum atomic E-state index is -0.387. The Labute approximate surface area is 166 Å². The maximum Gasteiger partial charge on any atom is 0.230 e. The van der Waals surface area contributed by atoms with Crippen molar-refractivity contribution in [2.24, 2.45) is 0 Å². The topological polar surface area (TPSA) is 95.1 Å². The molecule has 2 aromatic carbocycles. The second-order valence-corrected chi connectivity index (χ2v) is 6.93. The Morgan fingerprint density at radius 2 is 2.07 bits per heavy atom. The van der Waals surface area contributed by atoms with Crippen LogP contribution in [0, 0.1) is 12.7 Å². The first-order chi connectivity index (χ1) is 13.5. The first-order valence-electron chi connectivity index (χ1n) is 8.58. The van der Waals surface area contributed by atoms with Gasteiger partial charge in [0.15, 0.2) is 5.82 Å². The molecule has 3 N–H and O–H groups in total. The van der Waals surface area contributed by atoms with E-state index in [1.807, 2.05) is 31.2 Å². The van der Waals surface area contributed by atoms with Crippen molar-refractivity contribution in [3.8, 4) is 17.1 Å². The molecule has 0 saturated heterocycles. The van der Waals surface area contributed by atoms with E-state index in [-0.39, 0.29) is 17.5 Å². The molecule has 0 unspecified atom stereocenters. The molecule has 0 aliphatic rings. The molecule has 1 aromatic heterocycles. The minimum Gasteiger partial charge on any atom is -0.492 e. The van der Waals surface area contributed by atoms with Crippen LogP contribution in [-0.2, 0) is 4.79 Å². The number of hydrogen-bond donors (Lipinski definition) is 2. The Bertz CT molecular complexity index is 963. The highest BCUT2D eigenvalue weighted by molar-refractivity contribution is 7.99. The van der Waals surface area contributed by atoms with Crippen molar-refractivity contribution in [1.29, 1.82) is 0 Å². The van der Waals surface area contributed by atoms with Gasteiger partial charge in [-0.1, -0.05) is 36.0 Å². The second kappa shape index (κ2) is 9.23. The summed E-state index contributed by atoms with van der Waals surface area (Å²) in [6.45, 7) is 2.75. The normalized spacial score (nSPS) is 10.6. The summed E-state index contributed by atoms with van der Waals surface area (Å²) in [5.74, 6) is 6.63. The first kappa shape index (κ1) is 19.7. The zero-order valence-electron chi connectivity index (χ0n) is 15.3. The van der Waals surface area contributed by atoms with Gasteiger partial charge in [0.05, 0.1) is 12.3 Å². The van der Waals surface area contributed by atoms with Crippen LogP contribution in [0.1, 0.15) is 5.56 Å². The number of nitrogen functional groups attached to an aromatic ring is 1. The molecule has 0 aliphatic carbocycles. The van der Waals surface area contributed by atoms with E-state index in [9.17, 15) is 9.18 Å². The van der Waals surface area contributed by atoms with Crippen LogP contribution in [0.5, 0.6) is 5.75 Å². The smallest absolute Gasteiger partial charge is 0.230 e. The monoisotopic (exact) mass is 401 g/mol. The van der Waals surface area contributed by atoms with Crippen molar-refractivity contribution < 1.29 is 13.9 Å². The van der Waals surface area contributed by atoms with E-state index >= 15 is 0 Å². The molecule has 0 fully saturated rings. The lowest BCUT2D eigenvalue weighted by molar-refractivity contribution is -0.118. The summed E-state index contributed by atoms with van der Waals surface area (Å²) >= 11 is 1.15. The van der Waals surface area contributed by atoms with Crippen LogP contribution in [-0.4, -0.2) is 39.7 Å². The number of amides is 1. The second-order valence-electron chi connectivity index (χ2n) is 5.99. The number of aromatic nitrogens is 3. The average molecular weight is 401 g/mol. The third-order valence-electron chi connectivity index (χ3n) is 3.76. The standard InChI is InChI=1S/C19H20FN5O2S/c1-13-4-2-7-16(10-13)27-9-8-22-17(26)12-28-19-24-23-18(25(19)21)14-5-3-6-15(20)11-14/h2-7,10-11H,8-9,12,21H2,1H3,(H,22,26). The van der Waals surface area contributed by atoms with E-state index in [0.29, 0.717) is 29.7 Å². The Hall–Kier alpha value is -3.07. The summed E-state index contributed by atoms with van der Waals surface area (Å²) in [6.07, 6.45) is 0. The van der Waals surface area contributed by atoms with Crippen LogP contribution in [0.25, 0.3) is 11.4 Å². The molecule has 3 aromatic rings. The van der Waals surface area contributed by atoms with Crippen molar-refractivity contribution in [2.45, 2.75) is 12.1 Å². The molecular weight excluding hydrogens is 381 g/mol. The summed E-state index contributed by atoms with van der Waals surface area (Å²) in [5.41, 5.74) is 1.63. The fourth-order valence-electron chi connectivity index (χ4n) is 2.45. The van der Waals surface area contributed by atoms with Crippen LogP contribution >= 0.6 is 11.8 Å². The number of hydrogen-bond acceptors (Lipinski definition) is 6. The number of rotatable bonds is 8. The van der Waals surface area contributed by atoms with Crippen molar-refractivity contribution in [3.05, 3.63) is 59.9 Å². The van der Waals surface area contributed by atoms with Crippen LogP contribution < -0.4 is 15.9 Å². The zero-order chi connectivity index (χ0) is 19.9. The molecule has 1 amide bonds. The Morgan fingerprint density at radius 3 is 2.86 bits per heavy atom. The number of nitrogens with two attached hydrogens (primary N) is 1. The summed E-state index contributed by atoms with van der Waals surface area (Å²) in [5, 5.41) is 11.1. The molecule has 3 rings (SSSR count). The number of aryl methyl sites for hydroxylation is 1. The molecule has 9 heteroatoms. The van der Waals surface area contributed by atoms with Crippen molar-refractivity contribution in [3.63, 3.8) is 0 Å². The Kier molecular flexibility index (Phi) is 6.49. The zero-order valence-corrected chi connectivity index (χ0v) is 16.1. The van der Waals surface area contributed by atoms with Gasteiger partial charge in [0.25, 0.3) is 0 Å². The molecule has 0 radical (unpaired) electrons. The molecular formula is C19H20FN5O2S. The molecule has 146 valence electrons. The van der Waals surface area contributed by atoms with Crippen LogP contribution in [0.15, 0.2) is 53.7 Å². The third kappa shape index (κ3) is 5.23. The van der Waals surface area contributed by atoms with Gasteiger partial charge in [0.2, 0.25) is 11.1 Å². The van der Waals surface area contributed by atoms with Gasteiger partial charge in [-0.2, -0.15) is 0 Å². The minimum absolute atomic E-state index is 0.128. The van der Waals surface area contributed by atoms with Gasteiger partial charge >= 0.3 is 0 Å². The fraction of sp³-hybridized carbons (Fsp3) is 0.211. The number of ether oxygens (including phenoxy) is 1.